The largest absolute Gasteiger partial charge is 0.490 e. The molecule has 0 bridgehead atoms. The predicted molar refractivity (Wildman–Crippen MR) is 99.3 cm³/mol. The zero-order valence-electron chi connectivity index (χ0n) is 16.1. The zero-order chi connectivity index (χ0) is 21.9. The Labute approximate surface area is 169 Å². The lowest BCUT2D eigenvalue weighted by atomic mass is 9.95. The summed E-state index contributed by atoms with van der Waals surface area (Å²) in [5.74, 6) is -1.67. The molecule has 0 saturated carbocycles. The summed E-state index contributed by atoms with van der Waals surface area (Å²) >= 11 is 0. The van der Waals surface area contributed by atoms with Gasteiger partial charge in [-0.3, -0.25) is 9.97 Å². The Hall–Kier alpha value is -3.34. The third-order valence-corrected chi connectivity index (χ3v) is 4.38. The Balaban J connectivity index is 0.000000318. The number of carbonyl (C=O) groups is 1. The fourth-order valence-corrected chi connectivity index (χ4v) is 2.90. The minimum atomic E-state index is -5.08. The summed E-state index contributed by atoms with van der Waals surface area (Å²) in [7, 11) is 0. The number of alkyl halides is 3. The van der Waals surface area contributed by atoms with Gasteiger partial charge in [-0.05, 0) is 50.1 Å². The maximum atomic E-state index is 10.6. The molecule has 0 unspecified atom stereocenters. The van der Waals surface area contributed by atoms with E-state index in [2.05, 4.69) is 25.4 Å². The normalized spacial score (nSPS) is 13.2. The summed E-state index contributed by atoms with van der Waals surface area (Å²) in [4.78, 5) is 22.2. The molecule has 0 spiro atoms. The lowest BCUT2D eigenvalue weighted by molar-refractivity contribution is -0.192. The van der Waals surface area contributed by atoms with Gasteiger partial charge in [-0.15, -0.1) is 0 Å². The molecule has 0 aromatic carbocycles. The lowest BCUT2D eigenvalue weighted by Crippen LogP contribution is -2.24. The van der Waals surface area contributed by atoms with Crippen LogP contribution in [0.15, 0.2) is 29.0 Å². The average molecular weight is 421 g/mol. The van der Waals surface area contributed by atoms with E-state index in [4.69, 9.17) is 14.4 Å². The van der Waals surface area contributed by atoms with Gasteiger partial charge < -0.3 is 14.9 Å². The second kappa shape index (κ2) is 8.57. The SMILES string of the molecule is Cc1ccc(-c2nc(-c3c(C)ncc4c3CCNC4)no2)cn1.O=C(O)C(F)(F)F. The summed E-state index contributed by atoms with van der Waals surface area (Å²) in [5.41, 5.74) is 6.19. The molecule has 0 atom stereocenters. The molecule has 0 aliphatic carbocycles. The van der Waals surface area contributed by atoms with E-state index >= 15 is 0 Å². The Morgan fingerprint density at radius 2 is 1.93 bits per heavy atom. The summed E-state index contributed by atoms with van der Waals surface area (Å²) in [5, 5.41) is 14.7. The van der Waals surface area contributed by atoms with Gasteiger partial charge in [0.1, 0.15) is 0 Å². The second-order valence-electron chi connectivity index (χ2n) is 6.56. The minimum absolute atomic E-state index is 0.485. The van der Waals surface area contributed by atoms with Crippen molar-refractivity contribution >= 4 is 5.97 Å². The smallest absolute Gasteiger partial charge is 0.475 e. The van der Waals surface area contributed by atoms with Crippen molar-refractivity contribution in [1.82, 2.24) is 25.4 Å². The van der Waals surface area contributed by atoms with Crippen molar-refractivity contribution in [3.63, 3.8) is 0 Å². The van der Waals surface area contributed by atoms with Crippen LogP contribution in [0.5, 0.6) is 0 Å². The van der Waals surface area contributed by atoms with Crippen LogP contribution in [0.25, 0.3) is 22.8 Å². The third-order valence-electron chi connectivity index (χ3n) is 4.38. The number of carboxylic acids is 1. The molecule has 0 saturated heterocycles. The molecule has 0 radical (unpaired) electrons. The molecule has 1 aliphatic rings. The number of fused-ring (bicyclic) bond motifs is 1. The van der Waals surface area contributed by atoms with E-state index in [1.807, 2.05) is 32.2 Å². The van der Waals surface area contributed by atoms with Crippen LogP contribution in [-0.4, -0.2) is 43.9 Å². The second-order valence-corrected chi connectivity index (χ2v) is 6.56. The van der Waals surface area contributed by atoms with E-state index in [1.165, 1.54) is 11.1 Å². The topological polar surface area (TPSA) is 114 Å². The van der Waals surface area contributed by atoms with E-state index in [9.17, 15) is 13.2 Å². The first-order chi connectivity index (χ1) is 14.2. The predicted octanol–water partition coefficient (Wildman–Crippen LogP) is 3.09. The highest BCUT2D eigenvalue weighted by atomic mass is 19.4. The number of hydrogen-bond donors (Lipinski definition) is 2. The molecular weight excluding hydrogens is 403 g/mol. The number of nitrogens with zero attached hydrogens (tertiary/aromatic N) is 4. The number of hydrogen-bond acceptors (Lipinski definition) is 7. The highest BCUT2D eigenvalue weighted by Gasteiger charge is 2.38. The number of aryl methyl sites for hydroxylation is 2. The fourth-order valence-electron chi connectivity index (χ4n) is 2.90. The highest BCUT2D eigenvalue weighted by molar-refractivity contribution is 5.73. The maximum Gasteiger partial charge on any atom is 0.490 e. The van der Waals surface area contributed by atoms with Crippen molar-refractivity contribution in [3.8, 4) is 22.8 Å². The zero-order valence-corrected chi connectivity index (χ0v) is 16.1. The fraction of sp³-hybridized carbons (Fsp3) is 0.316. The number of carboxylic acid groups (broad SMARTS) is 1. The molecule has 3 aromatic heterocycles. The number of aromatic nitrogens is 4. The molecule has 11 heteroatoms. The van der Waals surface area contributed by atoms with Crippen molar-refractivity contribution in [2.24, 2.45) is 0 Å². The van der Waals surface area contributed by atoms with Crippen LogP contribution in [0, 0.1) is 13.8 Å². The first-order valence-electron chi connectivity index (χ1n) is 8.92. The molecule has 0 amide bonds. The Morgan fingerprint density at radius 3 is 2.57 bits per heavy atom. The Morgan fingerprint density at radius 1 is 1.20 bits per heavy atom. The minimum Gasteiger partial charge on any atom is -0.475 e. The number of pyridine rings is 2. The third kappa shape index (κ3) is 4.79. The van der Waals surface area contributed by atoms with Gasteiger partial charge in [0, 0.05) is 35.9 Å². The van der Waals surface area contributed by atoms with E-state index in [0.29, 0.717) is 11.7 Å². The van der Waals surface area contributed by atoms with Crippen molar-refractivity contribution in [2.45, 2.75) is 33.0 Å². The lowest BCUT2D eigenvalue weighted by Gasteiger charge is -2.19. The van der Waals surface area contributed by atoms with Gasteiger partial charge in [0.2, 0.25) is 5.82 Å². The van der Waals surface area contributed by atoms with E-state index in [-0.39, 0.29) is 0 Å². The average Bonchev–Trinajstić information content (AvgIpc) is 3.18. The molecule has 0 fully saturated rings. The van der Waals surface area contributed by atoms with Gasteiger partial charge in [0.15, 0.2) is 0 Å². The molecule has 4 heterocycles. The van der Waals surface area contributed by atoms with E-state index in [0.717, 1.165) is 42.0 Å². The number of nitrogens with one attached hydrogen (secondary N) is 1. The van der Waals surface area contributed by atoms with Crippen LogP contribution in [0.2, 0.25) is 0 Å². The van der Waals surface area contributed by atoms with Crippen LogP contribution in [0.4, 0.5) is 13.2 Å². The number of aliphatic carboxylic acids is 1. The van der Waals surface area contributed by atoms with Crippen LogP contribution < -0.4 is 5.32 Å². The van der Waals surface area contributed by atoms with Gasteiger partial charge in [0.05, 0.1) is 5.56 Å². The molecule has 4 rings (SSSR count). The first-order valence-corrected chi connectivity index (χ1v) is 8.92. The quantitative estimate of drug-likeness (QED) is 0.649. The molecule has 3 aromatic rings. The van der Waals surface area contributed by atoms with Crippen molar-refractivity contribution in [3.05, 3.63) is 47.0 Å². The van der Waals surface area contributed by atoms with Crippen molar-refractivity contribution in [1.29, 1.82) is 0 Å². The number of rotatable bonds is 2. The summed E-state index contributed by atoms with van der Waals surface area (Å²) in [6.45, 7) is 5.72. The Kier molecular flexibility index (Phi) is 6.11. The highest BCUT2D eigenvalue weighted by Crippen LogP contribution is 2.30. The summed E-state index contributed by atoms with van der Waals surface area (Å²) in [6.07, 6.45) is -0.447. The molecule has 30 heavy (non-hydrogen) atoms. The monoisotopic (exact) mass is 421 g/mol. The van der Waals surface area contributed by atoms with Crippen LogP contribution in [0.1, 0.15) is 22.5 Å². The van der Waals surface area contributed by atoms with Crippen LogP contribution in [0.3, 0.4) is 0 Å². The maximum absolute atomic E-state index is 10.6. The molecule has 8 nitrogen and oxygen atoms in total. The van der Waals surface area contributed by atoms with E-state index in [1.54, 1.807) is 6.20 Å². The standard InChI is InChI=1S/C17H17N5O.C2HF3O2/c1-10-3-4-12(8-19-10)17-21-16(22-23-17)15-11(2)20-9-13-7-18-6-5-14(13)15;3-2(4,5)1(6)7/h3-4,8-9,18H,5-7H2,1-2H3;(H,6,7). The summed E-state index contributed by atoms with van der Waals surface area (Å²) < 4.78 is 37.2. The van der Waals surface area contributed by atoms with Gasteiger partial charge in [-0.2, -0.15) is 18.2 Å². The van der Waals surface area contributed by atoms with Crippen LogP contribution >= 0.6 is 0 Å². The van der Waals surface area contributed by atoms with Crippen molar-refractivity contribution in [2.75, 3.05) is 6.54 Å². The first kappa shape index (κ1) is 21.4. The number of halogens is 3. The van der Waals surface area contributed by atoms with Crippen LogP contribution in [-0.2, 0) is 17.8 Å². The molecule has 1 aliphatic heterocycles. The molecule has 2 N–H and O–H groups in total. The van der Waals surface area contributed by atoms with Gasteiger partial charge >= 0.3 is 12.1 Å². The Bertz CT molecular complexity index is 1050. The van der Waals surface area contributed by atoms with E-state index < -0.39 is 12.1 Å². The summed E-state index contributed by atoms with van der Waals surface area (Å²) in [6, 6.07) is 3.87. The van der Waals surface area contributed by atoms with Crippen molar-refractivity contribution < 1.29 is 27.6 Å². The molecule has 158 valence electrons. The van der Waals surface area contributed by atoms with Gasteiger partial charge in [0.25, 0.3) is 5.89 Å². The van der Waals surface area contributed by atoms with Gasteiger partial charge in [-0.25, -0.2) is 4.79 Å². The van der Waals surface area contributed by atoms with Gasteiger partial charge in [-0.1, -0.05) is 5.16 Å². The molecular formula is C19H18F3N5O3.